The van der Waals surface area contributed by atoms with Crippen LogP contribution < -0.4 is 0 Å². The summed E-state index contributed by atoms with van der Waals surface area (Å²) in [6.45, 7) is 2.70. The molecule has 0 unspecified atom stereocenters. The number of likely N-dealkylation sites (tertiary alicyclic amines) is 1. The van der Waals surface area contributed by atoms with E-state index in [2.05, 4.69) is 15.0 Å². The van der Waals surface area contributed by atoms with Crippen molar-refractivity contribution in [3.63, 3.8) is 0 Å². The van der Waals surface area contributed by atoms with Crippen molar-refractivity contribution in [1.82, 2.24) is 15.0 Å². The van der Waals surface area contributed by atoms with E-state index in [-0.39, 0.29) is 5.82 Å². The molecular formula is C22H24FN3O2. The molecule has 0 aliphatic carbocycles. The minimum atomic E-state index is -0.277. The summed E-state index contributed by atoms with van der Waals surface area (Å²) in [6.07, 6.45) is 4.55. The molecule has 2 aromatic carbocycles. The van der Waals surface area contributed by atoms with Crippen molar-refractivity contribution in [2.24, 2.45) is 5.92 Å². The van der Waals surface area contributed by atoms with Gasteiger partial charge in [-0.1, -0.05) is 17.3 Å². The fourth-order valence-corrected chi connectivity index (χ4v) is 3.69. The molecule has 28 heavy (non-hydrogen) atoms. The maximum atomic E-state index is 13.0. The minimum absolute atomic E-state index is 0.277. The van der Waals surface area contributed by atoms with Gasteiger partial charge in [0.2, 0.25) is 11.7 Å². The Bertz CT molecular complexity index is 885. The van der Waals surface area contributed by atoms with E-state index in [1.807, 2.05) is 12.1 Å². The van der Waals surface area contributed by atoms with Crippen LogP contribution in [0.3, 0.4) is 0 Å². The van der Waals surface area contributed by atoms with Gasteiger partial charge in [0.15, 0.2) is 0 Å². The number of halogens is 1. The molecule has 1 aromatic heterocycles. The molecule has 146 valence electrons. The molecule has 1 N–H and O–H groups in total. The molecule has 0 saturated carbocycles. The van der Waals surface area contributed by atoms with E-state index in [9.17, 15) is 9.50 Å². The SMILES string of the molecule is Oc1ccc(CCC2CCN(Cc3nc(-c4ccc(F)cc4)no3)CC2)cc1. The number of benzene rings is 2. The van der Waals surface area contributed by atoms with Gasteiger partial charge in [-0.15, -0.1) is 0 Å². The molecule has 3 aromatic rings. The number of piperidine rings is 1. The quantitative estimate of drug-likeness (QED) is 0.685. The van der Waals surface area contributed by atoms with E-state index < -0.39 is 0 Å². The summed E-state index contributed by atoms with van der Waals surface area (Å²) in [7, 11) is 0. The van der Waals surface area contributed by atoms with Crippen LogP contribution in [0.2, 0.25) is 0 Å². The van der Waals surface area contributed by atoms with Crippen LogP contribution in [0.5, 0.6) is 5.75 Å². The summed E-state index contributed by atoms with van der Waals surface area (Å²) in [6, 6.07) is 13.6. The third-order valence-corrected chi connectivity index (χ3v) is 5.41. The summed E-state index contributed by atoms with van der Waals surface area (Å²) < 4.78 is 18.4. The molecule has 6 heteroatoms. The van der Waals surface area contributed by atoms with Crippen molar-refractivity contribution in [2.45, 2.75) is 32.2 Å². The van der Waals surface area contributed by atoms with Gasteiger partial charge in [0, 0.05) is 5.56 Å². The van der Waals surface area contributed by atoms with Gasteiger partial charge in [-0.3, -0.25) is 4.90 Å². The highest BCUT2D eigenvalue weighted by atomic mass is 19.1. The zero-order valence-corrected chi connectivity index (χ0v) is 15.7. The molecular weight excluding hydrogens is 357 g/mol. The number of aromatic nitrogens is 2. The van der Waals surface area contributed by atoms with Gasteiger partial charge in [0.05, 0.1) is 6.54 Å². The Morgan fingerprint density at radius 1 is 1.04 bits per heavy atom. The Kier molecular flexibility index (Phi) is 5.67. The minimum Gasteiger partial charge on any atom is -0.508 e. The molecule has 0 amide bonds. The first-order valence-corrected chi connectivity index (χ1v) is 9.74. The topological polar surface area (TPSA) is 62.4 Å². The van der Waals surface area contributed by atoms with Crippen LogP contribution in [0, 0.1) is 11.7 Å². The number of phenols is 1. The second-order valence-corrected chi connectivity index (χ2v) is 7.44. The number of aryl methyl sites for hydroxylation is 1. The summed E-state index contributed by atoms with van der Waals surface area (Å²) in [5.41, 5.74) is 2.03. The highest BCUT2D eigenvalue weighted by molar-refractivity contribution is 5.53. The Morgan fingerprint density at radius 3 is 2.46 bits per heavy atom. The molecule has 1 saturated heterocycles. The summed E-state index contributed by atoms with van der Waals surface area (Å²) in [5, 5.41) is 13.4. The molecule has 0 atom stereocenters. The van der Waals surface area contributed by atoms with Crippen molar-refractivity contribution in [1.29, 1.82) is 0 Å². The molecule has 2 heterocycles. The zero-order chi connectivity index (χ0) is 19.3. The highest BCUT2D eigenvalue weighted by Crippen LogP contribution is 2.24. The second-order valence-electron chi connectivity index (χ2n) is 7.44. The van der Waals surface area contributed by atoms with Gasteiger partial charge in [-0.05, 0) is 86.7 Å². The third kappa shape index (κ3) is 4.75. The van der Waals surface area contributed by atoms with Crippen molar-refractivity contribution in [3.05, 3.63) is 65.8 Å². The standard InChI is InChI=1S/C22H24FN3O2/c23-19-7-5-18(6-8-19)22-24-21(28-25-22)15-26-13-11-17(12-14-26)2-1-16-3-9-20(27)10-4-16/h3-10,17,27H,1-2,11-15H2. The van der Waals surface area contributed by atoms with Crippen molar-refractivity contribution in [3.8, 4) is 17.1 Å². The first-order valence-electron chi connectivity index (χ1n) is 9.74. The predicted octanol–water partition coefficient (Wildman–Crippen LogP) is 4.43. The maximum Gasteiger partial charge on any atom is 0.241 e. The fraction of sp³-hybridized carbons (Fsp3) is 0.364. The van der Waals surface area contributed by atoms with E-state index in [4.69, 9.17) is 4.52 Å². The first kappa shape index (κ1) is 18.6. The smallest absolute Gasteiger partial charge is 0.241 e. The zero-order valence-electron chi connectivity index (χ0n) is 15.7. The van der Waals surface area contributed by atoms with Gasteiger partial charge < -0.3 is 9.63 Å². The second kappa shape index (κ2) is 8.52. The number of rotatable bonds is 6. The lowest BCUT2D eigenvalue weighted by molar-refractivity contribution is 0.155. The normalized spacial score (nSPS) is 15.8. The van der Waals surface area contributed by atoms with E-state index in [0.717, 1.165) is 43.8 Å². The number of phenolic OH excluding ortho intramolecular Hbond substituents is 1. The van der Waals surface area contributed by atoms with Crippen LogP contribution in [-0.2, 0) is 13.0 Å². The Hall–Kier alpha value is -2.73. The fourth-order valence-electron chi connectivity index (χ4n) is 3.69. The monoisotopic (exact) mass is 381 g/mol. The largest absolute Gasteiger partial charge is 0.508 e. The van der Waals surface area contributed by atoms with E-state index in [0.29, 0.717) is 24.0 Å². The number of aromatic hydroxyl groups is 1. The van der Waals surface area contributed by atoms with Crippen molar-refractivity contribution in [2.75, 3.05) is 13.1 Å². The van der Waals surface area contributed by atoms with Gasteiger partial charge in [0.1, 0.15) is 11.6 Å². The van der Waals surface area contributed by atoms with Crippen LogP contribution >= 0.6 is 0 Å². The summed E-state index contributed by atoms with van der Waals surface area (Å²) in [5.74, 6) is 1.87. The average molecular weight is 381 g/mol. The van der Waals surface area contributed by atoms with Crippen molar-refractivity contribution < 1.29 is 14.0 Å². The molecule has 1 fully saturated rings. The molecule has 1 aliphatic rings. The maximum absolute atomic E-state index is 13.0. The van der Waals surface area contributed by atoms with Crippen LogP contribution in [0.25, 0.3) is 11.4 Å². The molecule has 4 rings (SSSR count). The van der Waals surface area contributed by atoms with Crippen LogP contribution in [0.4, 0.5) is 4.39 Å². The average Bonchev–Trinajstić information content (AvgIpc) is 3.18. The van der Waals surface area contributed by atoms with Gasteiger partial charge >= 0.3 is 0 Å². The molecule has 5 nitrogen and oxygen atoms in total. The lowest BCUT2D eigenvalue weighted by Crippen LogP contribution is -2.33. The molecule has 0 radical (unpaired) electrons. The first-order chi connectivity index (χ1) is 13.7. The number of nitrogens with zero attached hydrogens (tertiary/aromatic N) is 3. The summed E-state index contributed by atoms with van der Waals surface area (Å²) in [4.78, 5) is 6.79. The Balaban J connectivity index is 1.24. The van der Waals surface area contributed by atoms with E-state index in [1.54, 1.807) is 24.3 Å². The van der Waals surface area contributed by atoms with Gasteiger partial charge in [0.25, 0.3) is 0 Å². The third-order valence-electron chi connectivity index (χ3n) is 5.41. The molecule has 1 aliphatic heterocycles. The lowest BCUT2D eigenvalue weighted by atomic mass is 9.90. The van der Waals surface area contributed by atoms with E-state index >= 15 is 0 Å². The van der Waals surface area contributed by atoms with Gasteiger partial charge in [-0.2, -0.15) is 4.98 Å². The molecule has 0 spiro atoms. The lowest BCUT2D eigenvalue weighted by Gasteiger charge is -2.30. The molecule has 0 bridgehead atoms. The van der Waals surface area contributed by atoms with E-state index in [1.165, 1.54) is 24.1 Å². The number of hydrogen-bond acceptors (Lipinski definition) is 5. The van der Waals surface area contributed by atoms with Crippen LogP contribution in [-0.4, -0.2) is 33.2 Å². The highest BCUT2D eigenvalue weighted by Gasteiger charge is 2.21. The van der Waals surface area contributed by atoms with Gasteiger partial charge in [-0.25, -0.2) is 4.39 Å². The van der Waals surface area contributed by atoms with Crippen LogP contribution in [0.1, 0.15) is 30.7 Å². The Labute approximate surface area is 163 Å². The summed E-state index contributed by atoms with van der Waals surface area (Å²) >= 11 is 0. The van der Waals surface area contributed by atoms with Crippen molar-refractivity contribution >= 4 is 0 Å². The number of hydrogen-bond donors (Lipinski definition) is 1. The van der Waals surface area contributed by atoms with Crippen LogP contribution in [0.15, 0.2) is 53.1 Å². The predicted molar refractivity (Wildman–Crippen MR) is 104 cm³/mol. The Morgan fingerprint density at radius 2 is 1.75 bits per heavy atom.